The van der Waals surface area contributed by atoms with E-state index in [0.29, 0.717) is 0 Å². The van der Waals surface area contributed by atoms with Gasteiger partial charge in [0.1, 0.15) is 0 Å². The number of thiophene rings is 1. The Labute approximate surface area is 137 Å². The number of piperazine rings is 1. The van der Waals surface area contributed by atoms with Gasteiger partial charge in [0.25, 0.3) is 0 Å². The maximum Gasteiger partial charge on any atom is 0.502 e. The van der Waals surface area contributed by atoms with Gasteiger partial charge in [-0.3, -0.25) is 0 Å². The molecule has 1 aromatic rings. The molecule has 2 rings (SSSR count). The molecule has 0 atom stereocenters. The molecular formula is C15H27BN2O3S. The molecule has 0 unspecified atom stereocenters. The van der Waals surface area contributed by atoms with E-state index < -0.39 is 18.3 Å². The summed E-state index contributed by atoms with van der Waals surface area (Å²) in [6.45, 7) is 11.0. The molecule has 1 aliphatic rings. The van der Waals surface area contributed by atoms with Crippen molar-refractivity contribution in [3.05, 3.63) is 12.1 Å². The van der Waals surface area contributed by atoms with Gasteiger partial charge in [0.15, 0.2) is 0 Å². The van der Waals surface area contributed by atoms with Crippen LogP contribution in [-0.2, 0) is 4.65 Å². The van der Waals surface area contributed by atoms with Crippen molar-refractivity contribution in [3.8, 4) is 0 Å². The maximum atomic E-state index is 10.3. The van der Waals surface area contributed by atoms with Crippen molar-refractivity contribution in [2.75, 3.05) is 38.1 Å². The van der Waals surface area contributed by atoms with E-state index in [-0.39, 0.29) is 0 Å². The zero-order valence-electron chi connectivity index (χ0n) is 14.2. The first kappa shape index (κ1) is 17.8. The molecule has 0 aromatic carbocycles. The Morgan fingerprint density at radius 2 is 1.73 bits per heavy atom. The quantitative estimate of drug-likeness (QED) is 0.782. The van der Waals surface area contributed by atoms with E-state index in [2.05, 4.69) is 16.8 Å². The minimum absolute atomic E-state index is 0.770. The highest BCUT2D eigenvalue weighted by molar-refractivity contribution is 7.25. The van der Waals surface area contributed by atoms with Crippen molar-refractivity contribution in [1.82, 2.24) is 4.90 Å². The van der Waals surface area contributed by atoms with Crippen LogP contribution in [0.25, 0.3) is 0 Å². The fourth-order valence-electron chi connectivity index (χ4n) is 2.15. The molecule has 0 spiro atoms. The topological polar surface area (TPSA) is 56.2 Å². The van der Waals surface area contributed by atoms with Crippen LogP contribution in [0, 0.1) is 0 Å². The number of hydrogen-bond acceptors (Lipinski definition) is 6. The monoisotopic (exact) mass is 326 g/mol. The molecule has 0 saturated carbocycles. The second kappa shape index (κ2) is 6.49. The van der Waals surface area contributed by atoms with Gasteiger partial charge in [0.05, 0.1) is 16.2 Å². The van der Waals surface area contributed by atoms with E-state index in [0.717, 1.165) is 36.0 Å². The van der Waals surface area contributed by atoms with E-state index in [1.54, 1.807) is 39.0 Å². The zero-order valence-corrected chi connectivity index (χ0v) is 15.0. The third-order valence-electron chi connectivity index (χ3n) is 4.55. The van der Waals surface area contributed by atoms with Crippen LogP contribution < -0.4 is 9.68 Å². The summed E-state index contributed by atoms with van der Waals surface area (Å²) in [5, 5.41) is 21.6. The van der Waals surface area contributed by atoms with Crippen LogP contribution in [0.4, 0.5) is 5.00 Å². The average Bonchev–Trinajstić information content (AvgIpc) is 2.87. The number of hydrogen-bond donors (Lipinski definition) is 2. The van der Waals surface area contributed by atoms with Gasteiger partial charge in [-0.2, -0.15) is 0 Å². The Hall–Kier alpha value is -0.595. The van der Waals surface area contributed by atoms with Crippen molar-refractivity contribution in [1.29, 1.82) is 0 Å². The highest BCUT2D eigenvalue weighted by Crippen LogP contribution is 2.27. The Morgan fingerprint density at radius 3 is 2.27 bits per heavy atom. The summed E-state index contributed by atoms with van der Waals surface area (Å²) in [5.41, 5.74) is -1.88. The summed E-state index contributed by atoms with van der Waals surface area (Å²) in [5.74, 6) is 0. The summed E-state index contributed by atoms with van der Waals surface area (Å²) < 4.78 is 6.46. The lowest BCUT2D eigenvalue weighted by atomic mass is 9.82. The fourth-order valence-corrected chi connectivity index (χ4v) is 3.13. The van der Waals surface area contributed by atoms with Gasteiger partial charge in [0.2, 0.25) is 0 Å². The second-order valence-electron chi connectivity index (χ2n) is 7.01. The van der Waals surface area contributed by atoms with Crippen LogP contribution in [-0.4, -0.2) is 66.6 Å². The largest absolute Gasteiger partial charge is 0.502 e. The predicted octanol–water partition coefficient (Wildman–Crippen LogP) is 0.753. The van der Waals surface area contributed by atoms with Gasteiger partial charge in [-0.15, -0.1) is 11.3 Å². The van der Waals surface area contributed by atoms with Crippen LogP contribution >= 0.6 is 11.3 Å². The van der Waals surface area contributed by atoms with Crippen molar-refractivity contribution >= 4 is 28.2 Å². The SMILES string of the molecule is CN1CCN(c2ccc(B(O)OC(C)(C)C(C)(C)O)s2)CC1. The van der Waals surface area contributed by atoms with E-state index in [4.69, 9.17) is 4.65 Å². The molecular weight excluding hydrogens is 299 g/mol. The van der Waals surface area contributed by atoms with Crippen LogP contribution in [0.2, 0.25) is 0 Å². The zero-order chi connectivity index (χ0) is 16.5. The maximum absolute atomic E-state index is 10.3. The molecule has 2 heterocycles. The van der Waals surface area contributed by atoms with Crippen molar-refractivity contribution in [2.24, 2.45) is 0 Å². The van der Waals surface area contributed by atoms with Crippen LogP contribution in [0.3, 0.4) is 0 Å². The molecule has 0 amide bonds. The number of anilines is 1. The molecule has 1 fully saturated rings. The van der Waals surface area contributed by atoms with E-state index >= 15 is 0 Å². The average molecular weight is 326 g/mol. The minimum atomic E-state index is -1.04. The van der Waals surface area contributed by atoms with E-state index in [1.807, 2.05) is 12.1 Å². The Balaban J connectivity index is 2.02. The number of aliphatic hydroxyl groups is 1. The van der Waals surface area contributed by atoms with Gasteiger partial charge >= 0.3 is 7.12 Å². The fraction of sp³-hybridized carbons (Fsp3) is 0.733. The van der Waals surface area contributed by atoms with Crippen molar-refractivity contribution in [2.45, 2.75) is 38.9 Å². The second-order valence-corrected chi connectivity index (χ2v) is 8.10. The first-order chi connectivity index (χ1) is 10.1. The number of nitrogens with zero attached hydrogens (tertiary/aromatic N) is 2. The molecule has 22 heavy (non-hydrogen) atoms. The Bertz CT molecular complexity index is 493. The highest BCUT2D eigenvalue weighted by atomic mass is 32.1. The Kier molecular flexibility index (Phi) is 5.24. The first-order valence-electron chi connectivity index (χ1n) is 7.71. The van der Waals surface area contributed by atoms with Crippen molar-refractivity contribution < 1.29 is 14.8 Å². The van der Waals surface area contributed by atoms with E-state index in [1.165, 1.54) is 0 Å². The van der Waals surface area contributed by atoms with Gasteiger partial charge < -0.3 is 24.6 Å². The lowest BCUT2D eigenvalue weighted by Crippen LogP contribution is -2.52. The molecule has 1 aliphatic heterocycles. The normalized spacial score (nSPS) is 17.9. The molecule has 0 aliphatic carbocycles. The van der Waals surface area contributed by atoms with E-state index in [9.17, 15) is 10.1 Å². The van der Waals surface area contributed by atoms with Gasteiger partial charge in [0, 0.05) is 31.0 Å². The number of likely N-dealkylation sites (N-methyl/N-ethyl adjacent to an activating group) is 1. The lowest BCUT2D eigenvalue weighted by Gasteiger charge is -2.38. The third-order valence-corrected chi connectivity index (χ3v) is 5.73. The highest BCUT2D eigenvalue weighted by Gasteiger charge is 2.40. The molecule has 1 saturated heterocycles. The van der Waals surface area contributed by atoms with Crippen LogP contribution in [0.15, 0.2) is 12.1 Å². The summed E-state index contributed by atoms with van der Waals surface area (Å²) in [6, 6.07) is 3.94. The molecule has 124 valence electrons. The van der Waals surface area contributed by atoms with Gasteiger partial charge in [-0.25, -0.2) is 0 Å². The van der Waals surface area contributed by atoms with Crippen LogP contribution in [0.1, 0.15) is 27.7 Å². The molecule has 7 heteroatoms. The van der Waals surface area contributed by atoms with Crippen molar-refractivity contribution in [3.63, 3.8) is 0 Å². The lowest BCUT2D eigenvalue weighted by molar-refractivity contribution is -0.0981. The van der Waals surface area contributed by atoms with Gasteiger partial charge in [-0.05, 0) is 46.9 Å². The molecule has 2 N–H and O–H groups in total. The Morgan fingerprint density at radius 1 is 1.14 bits per heavy atom. The summed E-state index contributed by atoms with van der Waals surface area (Å²) >= 11 is 1.55. The molecule has 0 bridgehead atoms. The van der Waals surface area contributed by atoms with Crippen LogP contribution in [0.5, 0.6) is 0 Å². The number of rotatable bonds is 5. The van der Waals surface area contributed by atoms with Gasteiger partial charge in [-0.1, -0.05) is 0 Å². The molecule has 1 aromatic heterocycles. The minimum Gasteiger partial charge on any atom is -0.423 e. The summed E-state index contributed by atoms with van der Waals surface area (Å²) in [7, 11) is 1.11. The summed E-state index contributed by atoms with van der Waals surface area (Å²) in [6.07, 6.45) is 0. The smallest absolute Gasteiger partial charge is 0.423 e. The first-order valence-corrected chi connectivity index (χ1v) is 8.53. The summed E-state index contributed by atoms with van der Waals surface area (Å²) in [4.78, 5) is 4.65. The molecule has 0 radical (unpaired) electrons. The predicted molar refractivity (Wildman–Crippen MR) is 93.1 cm³/mol. The standard InChI is InChI=1S/C15H27BN2O3S/c1-14(2,19)15(3,4)21-16(20)12-6-7-13(22-12)18-10-8-17(5)9-11-18/h6-7,19-20H,8-11H2,1-5H3. The third kappa shape index (κ3) is 4.03. The molecule has 5 nitrogen and oxygen atoms in total.